The first-order valence-corrected chi connectivity index (χ1v) is 5.30. The Bertz CT molecular complexity index is 510. The minimum absolute atomic E-state index is 0.298. The summed E-state index contributed by atoms with van der Waals surface area (Å²) in [6.45, 7) is 0.298. The van der Waals surface area contributed by atoms with Gasteiger partial charge in [-0.1, -0.05) is 0 Å². The summed E-state index contributed by atoms with van der Waals surface area (Å²) in [4.78, 5) is 0. The number of alkyl halides is 1. The zero-order chi connectivity index (χ0) is 13.6. The minimum atomic E-state index is -5.40. The lowest BCUT2D eigenvalue weighted by atomic mass is 9.92. The standard InChI is InChI=1S/C7H5F5O4S/c1-7(16-17(13,14)15)5(11)3(9)2(8)4(10)6(7)12/h5H,1H3,(H,13,14,15). The summed E-state index contributed by atoms with van der Waals surface area (Å²) in [5.41, 5.74) is -3.34. The molecule has 0 aromatic rings. The van der Waals surface area contributed by atoms with Crippen molar-refractivity contribution in [2.45, 2.75) is 18.7 Å². The van der Waals surface area contributed by atoms with Crippen LogP contribution in [0.25, 0.3) is 0 Å². The Hall–Kier alpha value is -1.00. The van der Waals surface area contributed by atoms with Crippen LogP contribution in [0.1, 0.15) is 6.92 Å². The number of hydrogen-bond donors (Lipinski definition) is 1. The summed E-state index contributed by atoms with van der Waals surface area (Å²) >= 11 is 0. The van der Waals surface area contributed by atoms with E-state index in [1.165, 1.54) is 0 Å². The first-order chi connectivity index (χ1) is 7.50. The Labute approximate surface area is 92.3 Å². The van der Waals surface area contributed by atoms with Gasteiger partial charge in [0.1, 0.15) is 0 Å². The van der Waals surface area contributed by atoms with Crippen LogP contribution in [-0.4, -0.2) is 24.7 Å². The van der Waals surface area contributed by atoms with E-state index < -0.39 is 45.5 Å². The van der Waals surface area contributed by atoms with Gasteiger partial charge in [0.25, 0.3) is 0 Å². The SMILES string of the molecule is CC1(OS(=O)(=O)O)C(F)=C(F)C(F)=C(F)C1F. The highest BCUT2D eigenvalue weighted by Gasteiger charge is 2.53. The maximum absolute atomic E-state index is 13.2. The zero-order valence-electron chi connectivity index (χ0n) is 8.05. The third kappa shape index (κ3) is 2.33. The molecule has 0 fully saturated rings. The van der Waals surface area contributed by atoms with Crippen molar-refractivity contribution < 1.29 is 39.1 Å². The van der Waals surface area contributed by atoms with Crippen molar-refractivity contribution in [3.8, 4) is 0 Å². The van der Waals surface area contributed by atoms with Gasteiger partial charge < -0.3 is 0 Å². The Morgan fingerprint density at radius 1 is 1.24 bits per heavy atom. The molecule has 0 radical (unpaired) electrons. The molecule has 0 aromatic carbocycles. The Morgan fingerprint density at radius 2 is 1.71 bits per heavy atom. The van der Waals surface area contributed by atoms with Crippen molar-refractivity contribution in [1.82, 2.24) is 0 Å². The molecule has 0 amide bonds. The molecule has 2 unspecified atom stereocenters. The molecule has 1 aliphatic carbocycles. The third-order valence-corrected chi connectivity index (χ3v) is 2.57. The van der Waals surface area contributed by atoms with Gasteiger partial charge in [-0.2, -0.15) is 8.42 Å². The van der Waals surface area contributed by atoms with E-state index in [0.717, 1.165) is 0 Å². The van der Waals surface area contributed by atoms with Crippen LogP contribution in [0.3, 0.4) is 0 Å². The van der Waals surface area contributed by atoms with E-state index in [9.17, 15) is 30.4 Å². The molecular weight excluding hydrogens is 275 g/mol. The van der Waals surface area contributed by atoms with Crippen LogP contribution in [-0.2, 0) is 14.6 Å². The van der Waals surface area contributed by atoms with Crippen molar-refractivity contribution in [2.75, 3.05) is 0 Å². The molecule has 4 nitrogen and oxygen atoms in total. The van der Waals surface area contributed by atoms with E-state index in [4.69, 9.17) is 4.55 Å². The van der Waals surface area contributed by atoms with Crippen molar-refractivity contribution in [3.63, 3.8) is 0 Å². The van der Waals surface area contributed by atoms with Gasteiger partial charge in [0, 0.05) is 0 Å². The van der Waals surface area contributed by atoms with Gasteiger partial charge in [0.05, 0.1) is 0 Å². The summed E-state index contributed by atoms with van der Waals surface area (Å²) in [5.74, 6) is -9.54. The van der Waals surface area contributed by atoms with Gasteiger partial charge in [-0.25, -0.2) is 26.1 Å². The molecule has 0 aliphatic heterocycles. The molecule has 1 rings (SSSR count). The molecule has 10 heteroatoms. The molecule has 0 spiro atoms. The third-order valence-electron chi connectivity index (χ3n) is 2.02. The lowest BCUT2D eigenvalue weighted by molar-refractivity contribution is 0.0114. The average molecular weight is 280 g/mol. The molecule has 17 heavy (non-hydrogen) atoms. The number of allylic oxidation sites excluding steroid dienone is 2. The molecule has 0 saturated carbocycles. The van der Waals surface area contributed by atoms with Gasteiger partial charge in [0.2, 0.25) is 0 Å². The van der Waals surface area contributed by atoms with Crippen LogP contribution < -0.4 is 0 Å². The maximum Gasteiger partial charge on any atom is 0.398 e. The molecule has 0 bridgehead atoms. The van der Waals surface area contributed by atoms with Crippen LogP contribution in [0.15, 0.2) is 23.3 Å². The fourth-order valence-electron chi connectivity index (χ4n) is 1.18. The topological polar surface area (TPSA) is 63.6 Å². The zero-order valence-corrected chi connectivity index (χ0v) is 8.86. The Kier molecular flexibility index (Phi) is 3.34. The van der Waals surface area contributed by atoms with E-state index in [2.05, 4.69) is 4.18 Å². The van der Waals surface area contributed by atoms with Gasteiger partial charge in [-0.3, -0.25) is 4.55 Å². The number of rotatable bonds is 2. The fraction of sp³-hybridized carbons (Fsp3) is 0.429. The van der Waals surface area contributed by atoms with Gasteiger partial charge in [0.15, 0.2) is 35.1 Å². The van der Waals surface area contributed by atoms with E-state index in [1.807, 2.05) is 0 Å². The summed E-state index contributed by atoms with van der Waals surface area (Å²) < 4.78 is 96.9. The van der Waals surface area contributed by atoms with Crippen LogP contribution in [0.4, 0.5) is 22.0 Å². The molecule has 0 heterocycles. The molecule has 98 valence electrons. The second-order valence-electron chi connectivity index (χ2n) is 3.27. The van der Waals surface area contributed by atoms with Crippen LogP contribution >= 0.6 is 0 Å². The second kappa shape index (κ2) is 4.03. The Balaban J connectivity index is 3.37. The predicted molar refractivity (Wildman–Crippen MR) is 44.4 cm³/mol. The van der Waals surface area contributed by atoms with Crippen molar-refractivity contribution >= 4 is 10.4 Å². The molecular formula is C7H5F5O4S. The monoisotopic (exact) mass is 280 g/mol. The summed E-state index contributed by atoms with van der Waals surface area (Å²) in [6, 6.07) is 0. The van der Waals surface area contributed by atoms with Crippen molar-refractivity contribution in [3.05, 3.63) is 23.3 Å². The summed E-state index contributed by atoms with van der Waals surface area (Å²) in [5, 5.41) is 0. The normalized spacial score (nSPS) is 31.1. The van der Waals surface area contributed by atoms with Gasteiger partial charge in [-0.15, -0.1) is 0 Å². The largest absolute Gasteiger partial charge is 0.398 e. The van der Waals surface area contributed by atoms with Crippen LogP contribution in [0.5, 0.6) is 0 Å². The first kappa shape index (κ1) is 14.1. The number of hydrogen-bond acceptors (Lipinski definition) is 3. The lowest BCUT2D eigenvalue weighted by Crippen LogP contribution is -2.45. The van der Waals surface area contributed by atoms with E-state index >= 15 is 0 Å². The minimum Gasteiger partial charge on any atom is -0.264 e. The molecule has 1 N–H and O–H groups in total. The molecule has 0 saturated heterocycles. The van der Waals surface area contributed by atoms with Gasteiger partial charge in [-0.05, 0) is 6.92 Å². The first-order valence-electron chi connectivity index (χ1n) is 3.94. The van der Waals surface area contributed by atoms with Gasteiger partial charge >= 0.3 is 10.4 Å². The van der Waals surface area contributed by atoms with Crippen LogP contribution in [0.2, 0.25) is 0 Å². The second-order valence-corrected chi connectivity index (χ2v) is 4.29. The highest BCUT2D eigenvalue weighted by Crippen LogP contribution is 2.44. The predicted octanol–water partition coefficient (Wildman–Crippen LogP) is 2.22. The fourth-order valence-corrected chi connectivity index (χ4v) is 1.78. The highest BCUT2D eigenvalue weighted by atomic mass is 32.3. The van der Waals surface area contributed by atoms with Crippen molar-refractivity contribution in [2.24, 2.45) is 0 Å². The quantitative estimate of drug-likeness (QED) is 0.622. The summed E-state index contributed by atoms with van der Waals surface area (Å²) in [6.07, 6.45) is -3.26. The van der Waals surface area contributed by atoms with Crippen LogP contribution in [0, 0.1) is 0 Å². The molecule has 1 aliphatic rings. The summed E-state index contributed by atoms with van der Waals surface area (Å²) in [7, 11) is -5.40. The van der Waals surface area contributed by atoms with Crippen molar-refractivity contribution in [1.29, 1.82) is 0 Å². The Morgan fingerprint density at radius 3 is 2.12 bits per heavy atom. The molecule has 2 atom stereocenters. The number of halogens is 5. The van der Waals surface area contributed by atoms with E-state index in [-0.39, 0.29) is 0 Å². The van der Waals surface area contributed by atoms with E-state index in [1.54, 1.807) is 0 Å². The maximum atomic E-state index is 13.2. The average Bonchev–Trinajstić information content (AvgIpc) is 2.19. The molecule has 0 aromatic heterocycles. The highest BCUT2D eigenvalue weighted by molar-refractivity contribution is 7.80. The van der Waals surface area contributed by atoms with E-state index in [0.29, 0.717) is 6.92 Å². The smallest absolute Gasteiger partial charge is 0.264 e. The lowest BCUT2D eigenvalue weighted by Gasteiger charge is -2.31.